The zero-order chi connectivity index (χ0) is 21.6. The van der Waals surface area contributed by atoms with Crippen molar-refractivity contribution in [1.29, 1.82) is 0 Å². The first-order valence-electron chi connectivity index (χ1n) is 9.40. The standard InChI is InChI=1S/C21H18Cl3N3O3/c1-21(13-6-5-11-3-2-4-12(11)7-13)19(29)27(20(30)26-21)10-18(28)25-17-9-15(23)14(22)8-16(17)24/h5-9H,2-4,10H2,1H3,(H,25,28)(H,26,30). The first kappa shape index (κ1) is 21.0. The SMILES string of the molecule is CC1(c2ccc3c(c2)CCC3)NC(=O)N(CC(=O)Nc2cc(Cl)c(Cl)cc2Cl)C1=O. The third-order valence-electron chi connectivity index (χ3n) is 5.54. The Morgan fingerprint density at radius 1 is 1.07 bits per heavy atom. The number of nitrogens with one attached hydrogen (secondary N) is 2. The van der Waals surface area contributed by atoms with Crippen molar-refractivity contribution >= 4 is 58.3 Å². The van der Waals surface area contributed by atoms with E-state index in [9.17, 15) is 14.4 Å². The van der Waals surface area contributed by atoms with Gasteiger partial charge in [0.15, 0.2) is 0 Å². The maximum absolute atomic E-state index is 13.1. The molecule has 0 bridgehead atoms. The number of anilines is 1. The van der Waals surface area contributed by atoms with E-state index in [0.717, 1.165) is 24.2 Å². The van der Waals surface area contributed by atoms with Crippen LogP contribution < -0.4 is 10.6 Å². The molecule has 9 heteroatoms. The normalized spacial score (nSPS) is 20.3. The Balaban J connectivity index is 1.52. The number of rotatable bonds is 4. The quantitative estimate of drug-likeness (QED) is 0.513. The Kier molecular flexibility index (Phi) is 5.43. The number of carbonyl (C=O) groups excluding carboxylic acids is 3. The minimum absolute atomic E-state index is 0.193. The monoisotopic (exact) mass is 465 g/mol. The van der Waals surface area contributed by atoms with Crippen LogP contribution in [0.25, 0.3) is 0 Å². The van der Waals surface area contributed by atoms with Crippen molar-refractivity contribution < 1.29 is 14.4 Å². The number of aryl methyl sites for hydroxylation is 2. The number of hydrogen-bond acceptors (Lipinski definition) is 3. The van der Waals surface area contributed by atoms with E-state index < -0.39 is 29.9 Å². The van der Waals surface area contributed by atoms with Gasteiger partial charge in [0.2, 0.25) is 5.91 Å². The van der Waals surface area contributed by atoms with Gasteiger partial charge in [-0.2, -0.15) is 0 Å². The van der Waals surface area contributed by atoms with Crippen molar-refractivity contribution in [3.05, 3.63) is 62.1 Å². The minimum Gasteiger partial charge on any atom is -0.323 e. The first-order valence-corrected chi connectivity index (χ1v) is 10.5. The van der Waals surface area contributed by atoms with Crippen LogP contribution >= 0.6 is 34.8 Å². The van der Waals surface area contributed by atoms with Gasteiger partial charge in [0.1, 0.15) is 12.1 Å². The number of nitrogens with zero attached hydrogens (tertiary/aromatic N) is 1. The molecule has 2 aliphatic rings. The third kappa shape index (κ3) is 3.64. The number of hydrogen-bond donors (Lipinski definition) is 2. The summed E-state index contributed by atoms with van der Waals surface area (Å²) in [5, 5.41) is 5.95. The summed E-state index contributed by atoms with van der Waals surface area (Å²) in [6.45, 7) is 1.19. The highest BCUT2D eigenvalue weighted by Crippen LogP contribution is 2.34. The number of amides is 4. The molecule has 0 spiro atoms. The summed E-state index contributed by atoms with van der Waals surface area (Å²) in [4.78, 5) is 39.0. The van der Waals surface area contributed by atoms with Gasteiger partial charge in [0, 0.05) is 0 Å². The number of fused-ring (bicyclic) bond motifs is 1. The maximum Gasteiger partial charge on any atom is 0.325 e. The number of urea groups is 1. The average Bonchev–Trinajstić information content (AvgIpc) is 3.24. The zero-order valence-electron chi connectivity index (χ0n) is 16.0. The van der Waals surface area contributed by atoms with Gasteiger partial charge in [0.25, 0.3) is 5.91 Å². The Bertz CT molecular complexity index is 1090. The van der Waals surface area contributed by atoms with E-state index >= 15 is 0 Å². The molecule has 0 aromatic heterocycles. The van der Waals surface area contributed by atoms with Crippen LogP contribution in [-0.4, -0.2) is 29.3 Å². The molecule has 1 fully saturated rings. The van der Waals surface area contributed by atoms with Crippen LogP contribution in [-0.2, 0) is 28.0 Å². The van der Waals surface area contributed by atoms with E-state index in [1.807, 2.05) is 18.2 Å². The van der Waals surface area contributed by atoms with Crippen molar-refractivity contribution in [2.45, 2.75) is 31.7 Å². The predicted octanol–water partition coefficient (Wildman–Crippen LogP) is 4.54. The lowest BCUT2D eigenvalue weighted by Gasteiger charge is -2.23. The van der Waals surface area contributed by atoms with Gasteiger partial charge in [-0.1, -0.05) is 53.0 Å². The maximum atomic E-state index is 13.1. The van der Waals surface area contributed by atoms with Crippen LogP contribution in [0, 0.1) is 0 Å². The smallest absolute Gasteiger partial charge is 0.323 e. The van der Waals surface area contributed by atoms with E-state index in [-0.39, 0.29) is 20.8 Å². The average molecular weight is 467 g/mol. The molecule has 1 unspecified atom stereocenters. The molecule has 2 aromatic rings. The van der Waals surface area contributed by atoms with Gasteiger partial charge in [-0.05, 0) is 55.0 Å². The van der Waals surface area contributed by atoms with Gasteiger partial charge in [-0.15, -0.1) is 0 Å². The Morgan fingerprint density at radius 3 is 2.53 bits per heavy atom. The number of benzene rings is 2. The Hall–Kier alpha value is -2.28. The molecule has 30 heavy (non-hydrogen) atoms. The van der Waals surface area contributed by atoms with Crippen LogP contribution in [0.4, 0.5) is 10.5 Å². The fourth-order valence-corrected chi connectivity index (χ4v) is 4.46. The zero-order valence-corrected chi connectivity index (χ0v) is 18.3. The molecule has 156 valence electrons. The summed E-state index contributed by atoms with van der Waals surface area (Å²) < 4.78 is 0. The second-order valence-electron chi connectivity index (χ2n) is 7.58. The number of imide groups is 1. The molecule has 4 rings (SSSR count). The van der Waals surface area contributed by atoms with Crippen LogP contribution in [0.1, 0.15) is 30.0 Å². The topological polar surface area (TPSA) is 78.5 Å². The molecule has 1 atom stereocenters. The summed E-state index contributed by atoms with van der Waals surface area (Å²) in [7, 11) is 0. The third-order valence-corrected chi connectivity index (χ3v) is 6.57. The second-order valence-corrected chi connectivity index (χ2v) is 8.80. The highest BCUT2D eigenvalue weighted by atomic mass is 35.5. The van der Waals surface area contributed by atoms with Crippen molar-refractivity contribution in [2.24, 2.45) is 0 Å². The molecular formula is C21H18Cl3N3O3. The fourth-order valence-electron chi connectivity index (χ4n) is 3.87. The largest absolute Gasteiger partial charge is 0.325 e. The summed E-state index contributed by atoms with van der Waals surface area (Å²) in [5.41, 5.74) is 2.19. The lowest BCUT2D eigenvalue weighted by atomic mass is 9.89. The number of carbonyl (C=O) groups is 3. The van der Waals surface area contributed by atoms with Crippen LogP contribution in [0.3, 0.4) is 0 Å². The molecule has 1 aliphatic heterocycles. The van der Waals surface area contributed by atoms with E-state index in [1.54, 1.807) is 6.92 Å². The molecule has 0 saturated carbocycles. The molecule has 2 aromatic carbocycles. The van der Waals surface area contributed by atoms with Crippen molar-refractivity contribution in [2.75, 3.05) is 11.9 Å². The predicted molar refractivity (Wildman–Crippen MR) is 116 cm³/mol. The van der Waals surface area contributed by atoms with Crippen LogP contribution in [0.2, 0.25) is 15.1 Å². The summed E-state index contributed by atoms with van der Waals surface area (Å²) in [6.07, 6.45) is 3.06. The first-order chi connectivity index (χ1) is 14.2. The van der Waals surface area contributed by atoms with E-state index in [1.165, 1.54) is 23.3 Å². The molecule has 0 radical (unpaired) electrons. The van der Waals surface area contributed by atoms with Gasteiger partial charge in [-0.3, -0.25) is 14.5 Å². The molecule has 1 saturated heterocycles. The van der Waals surface area contributed by atoms with Crippen molar-refractivity contribution in [3.8, 4) is 0 Å². The Morgan fingerprint density at radius 2 is 1.77 bits per heavy atom. The minimum atomic E-state index is -1.23. The van der Waals surface area contributed by atoms with Crippen molar-refractivity contribution in [3.63, 3.8) is 0 Å². The lowest BCUT2D eigenvalue weighted by molar-refractivity contribution is -0.133. The summed E-state index contributed by atoms with van der Waals surface area (Å²) >= 11 is 17.9. The van der Waals surface area contributed by atoms with Crippen molar-refractivity contribution in [1.82, 2.24) is 10.2 Å². The lowest BCUT2D eigenvalue weighted by Crippen LogP contribution is -2.42. The van der Waals surface area contributed by atoms with Gasteiger partial charge < -0.3 is 10.6 Å². The van der Waals surface area contributed by atoms with Gasteiger partial charge >= 0.3 is 6.03 Å². The van der Waals surface area contributed by atoms with Crippen LogP contribution in [0.15, 0.2) is 30.3 Å². The summed E-state index contributed by atoms with van der Waals surface area (Å²) in [5.74, 6) is -1.07. The molecular weight excluding hydrogens is 449 g/mol. The van der Waals surface area contributed by atoms with Crippen LogP contribution in [0.5, 0.6) is 0 Å². The molecule has 4 amide bonds. The summed E-state index contributed by atoms with van der Waals surface area (Å²) in [6, 6.07) is 8.02. The second kappa shape index (κ2) is 7.76. The van der Waals surface area contributed by atoms with E-state index in [2.05, 4.69) is 10.6 Å². The molecule has 1 heterocycles. The highest BCUT2D eigenvalue weighted by Gasteiger charge is 2.49. The molecule has 1 aliphatic carbocycles. The highest BCUT2D eigenvalue weighted by molar-refractivity contribution is 6.44. The fraction of sp³-hybridized carbons (Fsp3) is 0.286. The van der Waals surface area contributed by atoms with Gasteiger partial charge in [0.05, 0.1) is 20.8 Å². The Labute approximate surface area is 188 Å². The molecule has 2 N–H and O–H groups in total. The van der Waals surface area contributed by atoms with E-state index in [0.29, 0.717) is 5.56 Å². The van der Waals surface area contributed by atoms with Gasteiger partial charge in [-0.25, -0.2) is 4.79 Å². The number of halogens is 3. The van der Waals surface area contributed by atoms with E-state index in [4.69, 9.17) is 34.8 Å². The molecule has 6 nitrogen and oxygen atoms in total.